The van der Waals surface area contributed by atoms with Gasteiger partial charge in [-0.05, 0) is 42.7 Å². The molecule has 1 aromatic carbocycles. The van der Waals surface area contributed by atoms with Gasteiger partial charge in [0.15, 0.2) is 5.82 Å². The van der Waals surface area contributed by atoms with E-state index in [-0.39, 0.29) is 5.92 Å². The SMILES string of the molecule is COC(=O)c1cc(Br)ccc1OC[C@H](C)CCn1cnnc1-c1cccc(NC=O)n1. The smallest absolute Gasteiger partial charge is 0.341 e. The van der Waals surface area contributed by atoms with Crippen molar-refractivity contribution in [3.05, 3.63) is 52.8 Å². The van der Waals surface area contributed by atoms with Crippen LogP contribution in [-0.4, -0.2) is 45.8 Å². The van der Waals surface area contributed by atoms with Crippen molar-refractivity contribution in [3.63, 3.8) is 0 Å². The number of nitrogens with zero attached hydrogens (tertiary/aromatic N) is 4. The molecular weight excluding hydrogens is 466 g/mol. The number of carbonyl (C=O) groups excluding carboxylic acids is 2. The summed E-state index contributed by atoms with van der Waals surface area (Å²) in [5, 5.41) is 10.7. The molecule has 1 atom stereocenters. The number of hydrogen-bond donors (Lipinski definition) is 1. The van der Waals surface area contributed by atoms with Crippen molar-refractivity contribution in [2.45, 2.75) is 19.9 Å². The van der Waals surface area contributed by atoms with Gasteiger partial charge in [0.25, 0.3) is 0 Å². The quantitative estimate of drug-likeness (QED) is 0.343. The fraction of sp³-hybridized carbons (Fsp3) is 0.286. The highest BCUT2D eigenvalue weighted by molar-refractivity contribution is 9.10. The van der Waals surface area contributed by atoms with Gasteiger partial charge in [-0.3, -0.25) is 4.79 Å². The van der Waals surface area contributed by atoms with Crippen LogP contribution in [0.25, 0.3) is 11.5 Å². The number of nitrogens with one attached hydrogen (secondary N) is 1. The Morgan fingerprint density at radius 3 is 2.94 bits per heavy atom. The third-order valence-electron chi connectivity index (χ3n) is 4.53. The molecule has 0 saturated carbocycles. The molecule has 31 heavy (non-hydrogen) atoms. The van der Waals surface area contributed by atoms with Gasteiger partial charge >= 0.3 is 5.97 Å². The van der Waals surface area contributed by atoms with E-state index in [0.717, 1.165) is 10.9 Å². The van der Waals surface area contributed by atoms with E-state index in [1.54, 1.807) is 30.6 Å². The molecule has 0 radical (unpaired) electrons. The van der Waals surface area contributed by atoms with Gasteiger partial charge in [0.1, 0.15) is 29.2 Å². The van der Waals surface area contributed by atoms with Crippen LogP contribution in [0.15, 0.2) is 47.2 Å². The van der Waals surface area contributed by atoms with Crippen molar-refractivity contribution in [3.8, 4) is 17.3 Å². The first-order chi connectivity index (χ1) is 15.0. The Kier molecular flexibility index (Phi) is 7.71. The summed E-state index contributed by atoms with van der Waals surface area (Å²) in [6.45, 7) is 3.15. The summed E-state index contributed by atoms with van der Waals surface area (Å²) in [6, 6.07) is 10.5. The van der Waals surface area contributed by atoms with Crippen LogP contribution < -0.4 is 10.1 Å². The summed E-state index contributed by atoms with van der Waals surface area (Å²) < 4.78 is 13.4. The molecule has 0 aliphatic heterocycles. The number of hydrogen-bond acceptors (Lipinski definition) is 7. The molecule has 10 heteroatoms. The number of anilines is 1. The highest BCUT2D eigenvalue weighted by Crippen LogP contribution is 2.25. The van der Waals surface area contributed by atoms with E-state index in [2.05, 4.69) is 43.4 Å². The minimum absolute atomic E-state index is 0.195. The normalized spacial score (nSPS) is 11.6. The van der Waals surface area contributed by atoms with E-state index < -0.39 is 5.97 Å². The molecule has 0 aliphatic rings. The number of benzene rings is 1. The largest absolute Gasteiger partial charge is 0.492 e. The lowest BCUT2D eigenvalue weighted by atomic mass is 10.1. The van der Waals surface area contributed by atoms with Crippen molar-refractivity contribution < 1.29 is 19.1 Å². The number of pyridine rings is 1. The minimum atomic E-state index is -0.447. The number of esters is 1. The summed E-state index contributed by atoms with van der Waals surface area (Å²) in [6.07, 6.45) is 3.02. The van der Waals surface area contributed by atoms with Crippen LogP contribution in [0.1, 0.15) is 23.7 Å². The molecule has 1 N–H and O–H groups in total. The zero-order valence-electron chi connectivity index (χ0n) is 17.1. The third kappa shape index (κ3) is 5.88. The van der Waals surface area contributed by atoms with Crippen LogP contribution in [0.5, 0.6) is 5.75 Å². The molecule has 2 heterocycles. The number of halogens is 1. The van der Waals surface area contributed by atoms with E-state index in [1.165, 1.54) is 7.11 Å². The molecule has 9 nitrogen and oxygen atoms in total. The first-order valence-electron chi connectivity index (χ1n) is 9.58. The average molecular weight is 488 g/mol. The lowest BCUT2D eigenvalue weighted by molar-refractivity contribution is -0.105. The first-order valence-corrected chi connectivity index (χ1v) is 10.4. The van der Waals surface area contributed by atoms with Crippen LogP contribution in [0.3, 0.4) is 0 Å². The molecule has 0 bridgehead atoms. The zero-order chi connectivity index (χ0) is 22.2. The van der Waals surface area contributed by atoms with Crippen LogP contribution in [-0.2, 0) is 16.1 Å². The van der Waals surface area contributed by atoms with Gasteiger partial charge < -0.3 is 19.4 Å². The molecular formula is C21H22BrN5O4. The van der Waals surface area contributed by atoms with Crippen LogP contribution >= 0.6 is 15.9 Å². The van der Waals surface area contributed by atoms with Crippen molar-refractivity contribution in [1.82, 2.24) is 19.7 Å². The summed E-state index contributed by atoms with van der Waals surface area (Å²) in [5.74, 6) is 1.29. The Morgan fingerprint density at radius 2 is 2.16 bits per heavy atom. The van der Waals surface area contributed by atoms with Gasteiger partial charge in [-0.2, -0.15) is 0 Å². The number of aromatic nitrogens is 4. The molecule has 0 spiro atoms. The van der Waals surface area contributed by atoms with Gasteiger partial charge in [-0.25, -0.2) is 9.78 Å². The van der Waals surface area contributed by atoms with E-state index in [1.807, 2.05) is 16.7 Å². The highest BCUT2D eigenvalue weighted by atomic mass is 79.9. The Morgan fingerprint density at radius 1 is 1.32 bits per heavy atom. The fourth-order valence-electron chi connectivity index (χ4n) is 2.89. The van der Waals surface area contributed by atoms with Crippen molar-refractivity contribution in [1.29, 1.82) is 0 Å². The summed E-state index contributed by atoms with van der Waals surface area (Å²) >= 11 is 3.36. The Hall–Kier alpha value is -3.27. The maximum atomic E-state index is 12.0. The predicted molar refractivity (Wildman–Crippen MR) is 118 cm³/mol. The van der Waals surface area contributed by atoms with Gasteiger partial charge in [-0.1, -0.05) is 28.9 Å². The van der Waals surface area contributed by atoms with Crippen molar-refractivity contribution in [2.24, 2.45) is 5.92 Å². The molecule has 2 aromatic heterocycles. The zero-order valence-corrected chi connectivity index (χ0v) is 18.7. The number of carbonyl (C=O) groups is 2. The van der Waals surface area contributed by atoms with E-state index in [0.29, 0.717) is 48.2 Å². The summed E-state index contributed by atoms with van der Waals surface area (Å²) in [7, 11) is 1.34. The van der Waals surface area contributed by atoms with Crippen LogP contribution in [0, 0.1) is 5.92 Å². The van der Waals surface area contributed by atoms with Gasteiger partial charge in [0.05, 0.1) is 13.7 Å². The lowest BCUT2D eigenvalue weighted by Crippen LogP contribution is -2.14. The standard InChI is InChI=1S/C21H22BrN5O4/c1-14(11-31-18-7-6-15(22)10-16(18)21(29)30-2)8-9-27-12-24-26-20(27)17-4-3-5-19(25-17)23-13-28/h3-7,10,12-14H,8-9,11H2,1-2H3,(H,23,25,28)/t14-/m1/s1. The van der Waals surface area contributed by atoms with Crippen LogP contribution in [0.4, 0.5) is 5.82 Å². The van der Waals surface area contributed by atoms with Gasteiger partial charge in [0.2, 0.25) is 6.41 Å². The number of ether oxygens (including phenoxy) is 2. The summed E-state index contributed by atoms with van der Waals surface area (Å²) in [5.41, 5.74) is 0.992. The number of amides is 1. The Balaban J connectivity index is 1.61. The Bertz CT molecular complexity index is 1060. The number of aryl methyl sites for hydroxylation is 1. The number of rotatable bonds is 10. The second kappa shape index (κ2) is 10.7. The van der Waals surface area contributed by atoms with Gasteiger partial charge in [-0.15, -0.1) is 10.2 Å². The lowest BCUT2D eigenvalue weighted by Gasteiger charge is -2.16. The van der Waals surface area contributed by atoms with Crippen LogP contribution in [0.2, 0.25) is 0 Å². The van der Waals surface area contributed by atoms with E-state index in [9.17, 15) is 9.59 Å². The highest BCUT2D eigenvalue weighted by Gasteiger charge is 2.16. The molecule has 0 saturated heterocycles. The number of methoxy groups -OCH3 is 1. The molecule has 0 fully saturated rings. The Labute approximate surface area is 187 Å². The molecule has 0 unspecified atom stereocenters. The second-order valence-electron chi connectivity index (χ2n) is 6.86. The maximum absolute atomic E-state index is 12.0. The van der Waals surface area contributed by atoms with E-state index in [4.69, 9.17) is 9.47 Å². The summed E-state index contributed by atoms with van der Waals surface area (Å²) in [4.78, 5) is 27.0. The van der Waals surface area contributed by atoms with Crippen molar-refractivity contribution in [2.75, 3.05) is 19.0 Å². The molecule has 3 aromatic rings. The molecule has 3 rings (SSSR count). The van der Waals surface area contributed by atoms with E-state index >= 15 is 0 Å². The molecule has 162 valence electrons. The van der Waals surface area contributed by atoms with Crippen molar-refractivity contribution >= 4 is 34.1 Å². The molecule has 0 aliphatic carbocycles. The fourth-order valence-corrected chi connectivity index (χ4v) is 3.25. The topological polar surface area (TPSA) is 108 Å². The minimum Gasteiger partial charge on any atom is -0.492 e. The first kappa shape index (κ1) is 22.4. The predicted octanol–water partition coefficient (Wildman–Crippen LogP) is 3.56. The van der Waals surface area contributed by atoms with Gasteiger partial charge in [0, 0.05) is 11.0 Å². The monoisotopic (exact) mass is 487 g/mol. The third-order valence-corrected chi connectivity index (χ3v) is 5.03. The second-order valence-corrected chi connectivity index (χ2v) is 7.77. The average Bonchev–Trinajstić information content (AvgIpc) is 3.25. The maximum Gasteiger partial charge on any atom is 0.341 e. The molecule has 1 amide bonds.